The first-order chi connectivity index (χ1) is 13.2. The standard InChI is InChI=1S/C19H28N4O4S/c1-21-12-13-23(15-16-3-8-20-9-4-16)18(25)19(21)6-10-22(11-7-19)17(24)5-14-28(2,26)27/h3-4,8-9H,5-7,10-15H2,1-2H3. The van der Waals surface area contributed by atoms with E-state index in [1.54, 1.807) is 17.3 Å². The van der Waals surface area contributed by atoms with E-state index in [1.807, 2.05) is 24.1 Å². The third-order valence-corrected chi connectivity index (χ3v) is 6.82. The van der Waals surface area contributed by atoms with Gasteiger partial charge in [-0.1, -0.05) is 0 Å². The van der Waals surface area contributed by atoms with E-state index in [0.717, 1.165) is 18.4 Å². The van der Waals surface area contributed by atoms with Crippen molar-refractivity contribution in [2.75, 3.05) is 45.2 Å². The molecule has 1 aromatic rings. The molecule has 0 N–H and O–H groups in total. The molecule has 1 spiro atoms. The molecule has 2 aliphatic heterocycles. The maximum Gasteiger partial charge on any atom is 0.243 e. The van der Waals surface area contributed by atoms with Crippen LogP contribution in [0.3, 0.4) is 0 Å². The van der Waals surface area contributed by atoms with Crippen LogP contribution in [0.5, 0.6) is 0 Å². The first kappa shape index (κ1) is 20.7. The number of hydrogen-bond donors (Lipinski definition) is 0. The normalized spacial score (nSPS) is 20.6. The Morgan fingerprint density at radius 3 is 2.39 bits per heavy atom. The molecule has 2 saturated heterocycles. The number of piperazine rings is 1. The number of carbonyl (C=O) groups excluding carboxylic acids is 2. The Kier molecular flexibility index (Phi) is 6.04. The Labute approximate surface area is 166 Å². The van der Waals surface area contributed by atoms with E-state index in [9.17, 15) is 18.0 Å². The Morgan fingerprint density at radius 1 is 1.14 bits per heavy atom. The van der Waals surface area contributed by atoms with Crippen molar-refractivity contribution in [3.05, 3.63) is 30.1 Å². The summed E-state index contributed by atoms with van der Waals surface area (Å²) in [4.78, 5) is 35.4. The number of aromatic nitrogens is 1. The monoisotopic (exact) mass is 408 g/mol. The molecule has 0 atom stereocenters. The second kappa shape index (κ2) is 8.16. The summed E-state index contributed by atoms with van der Waals surface area (Å²) in [5.74, 6) is -0.174. The van der Waals surface area contributed by atoms with E-state index >= 15 is 0 Å². The van der Waals surface area contributed by atoms with Crippen LogP contribution in [0, 0.1) is 0 Å². The van der Waals surface area contributed by atoms with Gasteiger partial charge in [-0.2, -0.15) is 0 Å². The summed E-state index contributed by atoms with van der Waals surface area (Å²) < 4.78 is 22.6. The summed E-state index contributed by atoms with van der Waals surface area (Å²) >= 11 is 0. The van der Waals surface area contributed by atoms with Gasteiger partial charge in [0.2, 0.25) is 11.8 Å². The van der Waals surface area contributed by atoms with Crippen LogP contribution in [0.4, 0.5) is 0 Å². The van der Waals surface area contributed by atoms with Crippen LogP contribution in [0.1, 0.15) is 24.8 Å². The predicted octanol–water partition coefficient (Wildman–Crippen LogP) is 0.152. The third kappa shape index (κ3) is 4.52. The van der Waals surface area contributed by atoms with Crippen molar-refractivity contribution in [1.29, 1.82) is 0 Å². The molecular weight excluding hydrogens is 380 g/mol. The van der Waals surface area contributed by atoms with Gasteiger partial charge in [0.05, 0.1) is 5.75 Å². The molecule has 1 aromatic heterocycles. The van der Waals surface area contributed by atoms with Gasteiger partial charge in [0.15, 0.2) is 0 Å². The number of likely N-dealkylation sites (tertiary alicyclic amines) is 1. The van der Waals surface area contributed by atoms with E-state index < -0.39 is 15.4 Å². The Morgan fingerprint density at radius 2 is 1.79 bits per heavy atom. The highest BCUT2D eigenvalue weighted by Crippen LogP contribution is 2.33. The second-order valence-electron chi connectivity index (χ2n) is 7.80. The van der Waals surface area contributed by atoms with Crippen LogP contribution in [-0.2, 0) is 26.0 Å². The number of amides is 2. The van der Waals surface area contributed by atoms with Crippen molar-refractivity contribution in [2.24, 2.45) is 0 Å². The number of hydrogen-bond acceptors (Lipinski definition) is 6. The molecule has 9 heteroatoms. The highest BCUT2D eigenvalue weighted by molar-refractivity contribution is 7.90. The summed E-state index contributed by atoms with van der Waals surface area (Å²) in [7, 11) is -1.19. The van der Waals surface area contributed by atoms with Crippen LogP contribution in [0.15, 0.2) is 24.5 Å². The fourth-order valence-electron chi connectivity index (χ4n) is 4.06. The summed E-state index contributed by atoms with van der Waals surface area (Å²) in [5.41, 5.74) is 0.468. The lowest BCUT2D eigenvalue weighted by molar-refractivity contribution is -0.157. The summed E-state index contributed by atoms with van der Waals surface area (Å²) in [6.45, 7) is 2.98. The lowest BCUT2D eigenvalue weighted by Crippen LogP contribution is -2.67. The molecule has 0 aromatic carbocycles. The minimum atomic E-state index is -3.16. The molecule has 3 rings (SSSR count). The van der Waals surface area contributed by atoms with Gasteiger partial charge in [-0.15, -0.1) is 0 Å². The second-order valence-corrected chi connectivity index (χ2v) is 10.1. The minimum absolute atomic E-state index is 0.00376. The van der Waals surface area contributed by atoms with E-state index in [-0.39, 0.29) is 24.0 Å². The Balaban J connectivity index is 1.64. The topological polar surface area (TPSA) is 90.9 Å². The maximum absolute atomic E-state index is 13.3. The van der Waals surface area contributed by atoms with E-state index in [1.165, 1.54) is 0 Å². The molecule has 2 aliphatic rings. The molecule has 2 amide bonds. The summed E-state index contributed by atoms with van der Waals surface area (Å²) in [6.07, 6.45) is 5.74. The number of nitrogens with zero attached hydrogens (tertiary/aromatic N) is 4. The van der Waals surface area contributed by atoms with Gasteiger partial charge in [0.25, 0.3) is 0 Å². The molecule has 0 saturated carbocycles. The van der Waals surface area contributed by atoms with Crippen LogP contribution in [-0.4, -0.2) is 90.7 Å². The van der Waals surface area contributed by atoms with E-state index in [4.69, 9.17) is 0 Å². The Hall–Kier alpha value is -2.00. The van der Waals surface area contributed by atoms with Gasteiger partial charge in [-0.3, -0.25) is 19.5 Å². The first-order valence-corrected chi connectivity index (χ1v) is 11.6. The quantitative estimate of drug-likeness (QED) is 0.689. The van der Waals surface area contributed by atoms with Gasteiger partial charge in [0.1, 0.15) is 15.4 Å². The number of pyridine rings is 1. The largest absolute Gasteiger partial charge is 0.343 e. The van der Waals surface area contributed by atoms with Crippen LogP contribution in [0.2, 0.25) is 0 Å². The highest BCUT2D eigenvalue weighted by Gasteiger charge is 2.49. The molecule has 0 bridgehead atoms. The van der Waals surface area contributed by atoms with Crippen LogP contribution >= 0.6 is 0 Å². The Bertz CT molecular complexity index is 820. The smallest absolute Gasteiger partial charge is 0.243 e. The van der Waals surface area contributed by atoms with Crippen molar-refractivity contribution in [3.8, 4) is 0 Å². The number of piperidine rings is 1. The van der Waals surface area contributed by atoms with Gasteiger partial charge in [-0.25, -0.2) is 8.42 Å². The number of sulfone groups is 1. The first-order valence-electron chi connectivity index (χ1n) is 9.56. The van der Waals surface area contributed by atoms with Crippen molar-refractivity contribution in [1.82, 2.24) is 19.7 Å². The lowest BCUT2D eigenvalue weighted by atomic mass is 9.82. The third-order valence-electron chi connectivity index (χ3n) is 5.87. The fraction of sp³-hybridized carbons (Fsp3) is 0.632. The molecule has 8 nitrogen and oxygen atoms in total. The molecule has 154 valence electrons. The average molecular weight is 409 g/mol. The molecule has 0 unspecified atom stereocenters. The maximum atomic E-state index is 13.3. The zero-order chi connectivity index (χ0) is 20.4. The number of rotatable bonds is 5. The summed E-state index contributed by atoms with van der Waals surface area (Å²) in [5, 5.41) is 0. The van der Waals surface area contributed by atoms with Crippen molar-refractivity contribution >= 4 is 21.7 Å². The van der Waals surface area contributed by atoms with Crippen LogP contribution in [0.25, 0.3) is 0 Å². The molecule has 2 fully saturated rings. The molecule has 0 aliphatic carbocycles. The highest BCUT2D eigenvalue weighted by atomic mass is 32.2. The SMILES string of the molecule is CN1CCN(Cc2ccncc2)C(=O)C12CCN(C(=O)CCS(C)(=O)=O)CC2. The lowest BCUT2D eigenvalue weighted by Gasteiger charge is -2.51. The van der Waals surface area contributed by atoms with Crippen LogP contribution < -0.4 is 0 Å². The summed E-state index contributed by atoms with van der Waals surface area (Å²) in [6, 6.07) is 3.84. The molecule has 28 heavy (non-hydrogen) atoms. The van der Waals surface area contributed by atoms with Crippen molar-refractivity contribution in [2.45, 2.75) is 31.3 Å². The van der Waals surface area contributed by atoms with Gasteiger partial charge >= 0.3 is 0 Å². The number of carbonyl (C=O) groups is 2. The average Bonchev–Trinajstić information content (AvgIpc) is 2.67. The predicted molar refractivity (Wildman–Crippen MR) is 105 cm³/mol. The number of likely N-dealkylation sites (N-methyl/N-ethyl adjacent to an activating group) is 1. The molecule has 0 radical (unpaired) electrons. The zero-order valence-electron chi connectivity index (χ0n) is 16.5. The van der Waals surface area contributed by atoms with E-state index in [2.05, 4.69) is 9.88 Å². The van der Waals surface area contributed by atoms with Crippen molar-refractivity contribution in [3.63, 3.8) is 0 Å². The van der Waals surface area contributed by atoms with Gasteiger partial charge < -0.3 is 9.80 Å². The minimum Gasteiger partial charge on any atom is -0.343 e. The molecule has 3 heterocycles. The van der Waals surface area contributed by atoms with Gasteiger partial charge in [-0.05, 0) is 37.6 Å². The fourth-order valence-corrected chi connectivity index (χ4v) is 4.60. The molecular formula is C19H28N4O4S. The van der Waals surface area contributed by atoms with E-state index in [0.29, 0.717) is 39.0 Å². The van der Waals surface area contributed by atoms with Gasteiger partial charge in [0, 0.05) is 57.8 Å². The zero-order valence-corrected chi connectivity index (χ0v) is 17.3. The van der Waals surface area contributed by atoms with Crippen molar-refractivity contribution < 1.29 is 18.0 Å².